The molecular weight excluding hydrogens is 278 g/mol. The molecule has 0 aliphatic heterocycles. The third-order valence-corrected chi connectivity index (χ3v) is 3.30. The predicted octanol–water partition coefficient (Wildman–Crippen LogP) is 3.36. The Balaban J connectivity index is 2.14. The fraction of sp³-hybridized carbons (Fsp3) is 0.167. The SMILES string of the molecule is COc1cc(C=CC(=O)c2ccc(N(C)C)cc2)ccc1O. The highest BCUT2D eigenvalue weighted by Crippen LogP contribution is 2.26. The van der Waals surface area contributed by atoms with Gasteiger partial charge < -0.3 is 14.7 Å². The van der Waals surface area contributed by atoms with Crippen LogP contribution in [0.5, 0.6) is 11.5 Å². The van der Waals surface area contributed by atoms with Crippen molar-refractivity contribution in [1.29, 1.82) is 0 Å². The molecule has 114 valence electrons. The highest BCUT2D eigenvalue weighted by molar-refractivity contribution is 6.07. The Morgan fingerprint density at radius 2 is 1.82 bits per heavy atom. The molecule has 0 saturated heterocycles. The van der Waals surface area contributed by atoms with Gasteiger partial charge in [0.1, 0.15) is 0 Å². The Morgan fingerprint density at radius 1 is 1.14 bits per heavy atom. The molecule has 0 amide bonds. The van der Waals surface area contributed by atoms with E-state index in [9.17, 15) is 9.90 Å². The van der Waals surface area contributed by atoms with Crippen LogP contribution < -0.4 is 9.64 Å². The summed E-state index contributed by atoms with van der Waals surface area (Å²) in [5, 5.41) is 9.54. The number of phenolic OH excluding ortho intramolecular Hbond substituents is 1. The van der Waals surface area contributed by atoms with E-state index in [2.05, 4.69) is 0 Å². The zero-order chi connectivity index (χ0) is 16.1. The number of hydrogen-bond acceptors (Lipinski definition) is 4. The standard InChI is InChI=1S/C18H19NO3/c1-19(2)15-8-6-14(7-9-15)16(20)10-4-13-5-11-17(21)18(12-13)22-3/h4-12,21H,1-3H3. The second-order valence-electron chi connectivity index (χ2n) is 5.07. The lowest BCUT2D eigenvalue weighted by Gasteiger charge is -2.11. The van der Waals surface area contributed by atoms with Crippen molar-refractivity contribution in [2.75, 3.05) is 26.1 Å². The van der Waals surface area contributed by atoms with Gasteiger partial charge in [0, 0.05) is 25.3 Å². The molecule has 0 unspecified atom stereocenters. The topological polar surface area (TPSA) is 49.8 Å². The molecular formula is C18H19NO3. The maximum atomic E-state index is 12.1. The number of nitrogens with zero attached hydrogens (tertiary/aromatic N) is 1. The summed E-state index contributed by atoms with van der Waals surface area (Å²) in [5.41, 5.74) is 2.46. The van der Waals surface area contributed by atoms with Gasteiger partial charge >= 0.3 is 0 Å². The molecule has 0 atom stereocenters. The number of carbonyl (C=O) groups is 1. The number of allylic oxidation sites excluding steroid dienone is 1. The van der Waals surface area contributed by atoms with Gasteiger partial charge in [0.15, 0.2) is 17.3 Å². The molecule has 0 radical (unpaired) electrons. The van der Waals surface area contributed by atoms with E-state index in [1.165, 1.54) is 19.3 Å². The maximum absolute atomic E-state index is 12.1. The summed E-state index contributed by atoms with van der Waals surface area (Å²) in [7, 11) is 5.39. The van der Waals surface area contributed by atoms with Gasteiger partial charge in [0.25, 0.3) is 0 Å². The molecule has 0 aliphatic carbocycles. The van der Waals surface area contributed by atoms with E-state index in [4.69, 9.17) is 4.74 Å². The molecule has 22 heavy (non-hydrogen) atoms. The molecule has 2 aromatic rings. The Hall–Kier alpha value is -2.75. The molecule has 0 aromatic heterocycles. The van der Waals surface area contributed by atoms with Crippen molar-refractivity contribution in [2.45, 2.75) is 0 Å². The number of carbonyl (C=O) groups excluding carboxylic acids is 1. The summed E-state index contributed by atoms with van der Waals surface area (Å²) in [6.45, 7) is 0. The van der Waals surface area contributed by atoms with Crippen LogP contribution in [0.2, 0.25) is 0 Å². The Labute approximate surface area is 130 Å². The molecule has 0 saturated carbocycles. The summed E-state index contributed by atoms with van der Waals surface area (Å²) in [6.07, 6.45) is 3.21. The average Bonchev–Trinajstić information content (AvgIpc) is 2.53. The van der Waals surface area contributed by atoms with Crippen LogP contribution in [0, 0.1) is 0 Å². The zero-order valence-electron chi connectivity index (χ0n) is 12.9. The van der Waals surface area contributed by atoms with E-state index < -0.39 is 0 Å². The second kappa shape index (κ2) is 6.80. The quantitative estimate of drug-likeness (QED) is 0.679. The molecule has 0 bridgehead atoms. The van der Waals surface area contributed by atoms with Gasteiger partial charge in [0.2, 0.25) is 0 Å². The highest BCUT2D eigenvalue weighted by Gasteiger charge is 2.04. The average molecular weight is 297 g/mol. The van der Waals surface area contributed by atoms with Crippen LogP contribution in [-0.2, 0) is 0 Å². The minimum Gasteiger partial charge on any atom is -0.504 e. The number of ether oxygens (including phenoxy) is 1. The van der Waals surface area contributed by atoms with Crippen LogP contribution in [0.4, 0.5) is 5.69 Å². The van der Waals surface area contributed by atoms with Gasteiger partial charge in [-0.3, -0.25) is 4.79 Å². The first kappa shape index (κ1) is 15.6. The lowest BCUT2D eigenvalue weighted by atomic mass is 10.1. The number of hydrogen-bond donors (Lipinski definition) is 1. The summed E-state index contributed by atoms with van der Waals surface area (Å²) >= 11 is 0. The molecule has 0 spiro atoms. The normalized spacial score (nSPS) is 10.7. The smallest absolute Gasteiger partial charge is 0.185 e. The molecule has 4 heteroatoms. The molecule has 0 aliphatic rings. The molecule has 2 aromatic carbocycles. The van der Waals surface area contributed by atoms with Crippen LogP contribution >= 0.6 is 0 Å². The van der Waals surface area contributed by atoms with Crippen LogP contribution in [0.15, 0.2) is 48.5 Å². The minimum atomic E-state index is -0.0719. The van der Waals surface area contributed by atoms with Gasteiger partial charge in [-0.1, -0.05) is 12.1 Å². The number of ketones is 1. The first-order chi connectivity index (χ1) is 10.5. The van der Waals surface area contributed by atoms with E-state index in [1.54, 1.807) is 30.3 Å². The summed E-state index contributed by atoms with van der Waals surface area (Å²) in [6, 6.07) is 12.4. The van der Waals surface area contributed by atoms with Crippen molar-refractivity contribution in [3.8, 4) is 11.5 Å². The third kappa shape index (κ3) is 3.67. The van der Waals surface area contributed by atoms with Gasteiger partial charge in [-0.2, -0.15) is 0 Å². The van der Waals surface area contributed by atoms with E-state index in [-0.39, 0.29) is 11.5 Å². The number of benzene rings is 2. The Kier molecular flexibility index (Phi) is 4.84. The molecule has 4 nitrogen and oxygen atoms in total. The lowest BCUT2D eigenvalue weighted by molar-refractivity contribution is 0.104. The van der Waals surface area contributed by atoms with Gasteiger partial charge in [-0.15, -0.1) is 0 Å². The van der Waals surface area contributed by atoms with Gasteiger partial charge in [0.05, 0.1) is 7.11 Å². The summed E-state index contributed by atoms with van der Waals surface area (Å²) < 4.78 is 5.04. The van der Waals surface area contributed by atoms with Gasteiger partial charge in [-0.05, 0) is 48.0 Å². The number of phenols is 1. The zero-order valence-corrected chi connectivity index (χ0v) is 12.9. The van der Waals surface area contributed by atoms with Crippen LogP contribution in [0.3, 0.4) is 0 Å². The van der Waals surface area contributed by atoms with Crippen molar-refractivity contribution in [1.82, 2.24) is 0 Å². The van der Waals surface area contributed by atoms with Crippen LogP contribution in [-0.4, -0.2) is 32.1 Å². The van der Waals surface area contributed by atoms with Crippen molar-refractivity contribution in [3.63, 3.8) is 0 Å². The van der Waals surface area contributed by atoms with Crippen molar-refractivity contribution in [2.24, 2.45) is 0 Å². The summed E-state index contributed by atoms with van der Waals surface area (Å²) in [4.78, 5) is 14.1. The first-order valence-electron chi connectivity index (χ1n) is 6.88. The molecule has 2 rings (SSSR count). The van der Waals surface area contributed by atoms with E-state index >= 15 is 0 Å². The van der Waals surface area contributed by atoms with E-state index in [0.717, 1.165) is 11.3 Å². The third-order valence-electron chi connectivity index (χ3n) is 3.30. The van der Waals surface area contributed by atoms with Crippen LogP contribution in [0.1, 0.15) is 15.9 Å². The van der Waals surface area contributed by atoms with E-state index in [0.29, 0.717) is 11.3 Å². The van der Waals surface area contributed by atoms with Crippen molar-refractivity contribution < 1.29 is 14.6 Å². The number of methoxy groups -OCH3 is 1. The monoisotopic (exact) mass is 297 g/mol. The van der Waals surface area contributed by atoms with Gasteiger partial charge in [-0.25, -0.2) is 0 Å². The fourth-order valence-electron chi connectivity index (χ4n) is 1.99. The van der Waals surface area contributed by atoms with E-state index in [1.807, 2.05) is 31.1 Å². The first-order valence-corrected chi connectivity index (χ1v) is 6.88. The lowest BCUT2D eigenvalue weighted by Crippen LogP contribution is -2.08. The number of rotatable bonds is 5. The minimum absolute atomic E-state index is 0.0719. The summed E-state index contributed by atoms with van der Waals surface area (Å²) in [5.74, 6) is 0.382. The highest BCUT2D eigenvalue weighted by atomic mass is 16.5. The molecule has 0 fully saturated rings. The number of anilines is 1. The van der Waals surface area contributed by atoms with Crippen LogP contribution in [0.25, 0.3) is 6.08 Å². The Bertz CT molecular complexity index is 688. The molecule has 0 heterocycles. The predicted molar refractivity (Wildman–Crippen MR) is 88.8 cm³/mol. The fourth-order valence-corrected chi connectivity index (χ4v) is 1.99. The Morgan fingerprint density at radius 3 is 2.41 bits per heavy atom. The van der Waals surface area contributed by atoms with Crippen molar-refractivity contribution >= 4 is 17.5 Å². The maximum Gasteiger partial charge on any atom is 0.185 e. The largest absolute Gasteiger partial charge is 0.504 e. The van der Waals surface area contributed by atoms with Crippen molar-refractivity contribution in [3.05, 3.63) is 59.7 Å². The second-order valence-corrected chi connectivity index (χ2v) is 5.07. The number of aromatic hydroxyl groups is 1. The molecule has 1 N–H and O–H groups in total.